The Morgan fingerprint density at radius 1 is 1.23 bits per heavy atom. The van der Waals surface area contributed by atoms with E-state index in [0.29, 0.717) is 11.6 Å². The van der Waals surface area contributed by atoms with Crippen LogP contribution in [0.4, 0.5) is 0 Å². The van der Waals surface area contributed by atoms with Crippen molar-refractivity contribution in [3.8, 4) is 11.8 Å². The number of ether oxygens (including phenoxy) is 2. The molecule has 5 heteroatoms. The van der Waals surface area contributed by atoms with Gasteiger partial charge >= 0.3 is 5.97 Å². The van der Waals surface area contributed by atoms with Gasteiger partial charge in [-0.25, -0.2) is 4.79 Å². The molecule has 2 rings (SSSR count). The number of nitrogens with zero attached hydrogens (tertiary/aromatic N) is 1. The topological polar surface area (TPSA) is 59.3 Å². The zero-order valence-corrected chi connectivity index (χ0v) is 16.0. The molecule has 0 aliphatic heterocycles. The molecule has 0 saturated heterocycles. The fourth-order valence-corrected chi connectivity index (χ4v) is 2.82. The largest absolute Gasteiger partial charge is 0.489 e. The summed E-state index contributed by atoms with van der Waals surface area (Å²) in [5.41, 5.74) is 4.64. The van der Waals surface area contributed by atoms with E-state index in [1.807, 2.05) is 51.1 Å². The van der Waals surface area contributed by atoms with Crippen molar-refractivity contribution in [2.24, 2.45) is 0 Å². The molecule has 0 atom stereocenters. The SMILES string of the molecule is COC(=O)C(C#N)=Cc1cc(C)cc(COc2ccc(Cl)cc2C)c1C. The van der Waals surface area contributed by atoms with Gasteiger partial charge in [0.1, 0.15) is 24.0 Å². The van der Waals surface area contributed by atoms with Crippen molar-refractivity contribution in [1.82, 2.24) is 0 Å². The monoisotopic (exact) mass is 369 g/mol. The van der Waals surface area contributed by atoms with Crippen LogP contribution in [0.1, 0.15) is 27.8 Å². The first kappa shape index (κ1) is 19.6. The Bertz CT molecular complexity index is 910. The van der Waals surface area contributed by atoms with Crippen LogP contribution in [0.25, 0.3) is 6.08 Å². The lowest BCUT2D eigenvalue weighted by molar-refractivity contribution is -0.135. The van der Waals surface area contributed by atoms with E-state index < -0.39 is 5.97 Å². The molecule has 0 radical (unpaired) electrons. The van der Waals surface area contributed by atoms with E-state index in [9.17, 15) is 4.79 Å². The summed E-state index contributed by atoms with van der Waals surface area (Å²) in [6, 6.07) is 11.3. The predicted octanol–water partition coefficient (Wildman–Crippen LogP) is 4.92. The van der Waals surface area contributed by atoms with Gasteiger partial charge in [0.25, 0.3) is 0 Å². The van der Waals surface area contributed by atoms with Gasteiger partial charge in [-0.05, 0) is 67.3 Å². The quantitative estimate of drug-likeness (QED) is 0.426. The molecule has 134 valence electrons. The van der Waals surface area contributed by atoms with Crippen molar-refractivity contribution in [3.63, 3.8) is 0 Å². The molecule has 2 aromatic carbocycles. The minimum Gasteiger partial charge on any atom is -0.489 e. The van der Waals surface area contributed by atoms with Crippen LogP contribution in [0, 0.1) is 32.1 Å². The van der Waals surface area contributed by atoms with Crippen molar-refractivity contribution in [2.75, 3.05) is 7.11 Å². The Morgan fingerprint density at radius 3 is 2.58 bits per heavy atom. The second kappa shape index (κ2) is 8.55. The van der Waals surface area contributed by atoms with Crippen LogP contribution in [0.3, 0.4) is 0 Å². The normalized spacial score (nSPS) is 11.0. The minimum absolute atomic E-state index is 0.0402. The standard InChI is InChI=1S/C21H20ClNO3/c1-13-7-16(10-17(11-23)21(24)25-4)15(3)18(8-13)12-26-20-6-5-19(22)9-14(20)2/h5-10H,12H2,1-4H3. The van der Waals surface area contributed by atoms with Gasteiger partial charge in [-0.3, -0.25) is 0 Å². The average molecular weight is 370 g/mol. The zero-order chi connectivity index (χ0) is 19.3. The van der Waals surface area contributed by atoms with E-state index in [2.05, 4.69) is 4.74 Å². The molecule has 0 bridgehead atoms. The molecule has 0 heterocycles. The molecule has 0 fully saturated rings. The predicted molar refractivity (Wildman–Crippen MR) is 102 cm³/mol. The smallest absolute Gasteiger partial charge is 0.348 e. The van der Waals surface area contributed by atoms with Crippen molar-refractivity contribution in [1.29, 1.82) is 5.26 Å². The molecule has 0 saturated carbocycles. The Balaban J connectivity index is 2.33. The van der Waals surface area contributed by atoms with Crippen LogP contribution < -0.4 is 4.74 Å². The van der Waals surface area contributed by atoms with Gasteiger partial charge in [0.2, 0.25) is 0 Å². The van der Waals surface area contributed by atoms with E-state index in [1.165, 1.54) is 7.11 Å². The van der Waals surface area contributed by atoms with Gasteiger partial charge in [-0.15, -0.1) is 0 Å². The van der Waals surface area contributed by atoms with E-state index in [1.54, 1.807) is 12.1 Å². The fraction of sp³-hybridized carbons (Fsp3) is 0.238. The number of rotatable bonds is 5. The summed E-state index contributed by atoms with van der Waals surface area (Å²) in [5, 5.41) is 9.84. The Hall–Kier alpha value is -2.77. The van der Waals surface area contributed by atoms with Crippen LogP contribution >= 0.6 is 11.6 Å². The highest BCUT2D eigenvalue weighted by atomic mass is 35.5. The van der Waals surface area contributed by atoms with Gasteiger partial charge in [-0.1, -0.05) is 29.3 Å². The number of hydrogen-bond donors (Lipinski definition) is 0. The maximum absolute atomic E-state index is 11.7. The summed E-state index contributed by atoms with van der Waals surface area (Å²) in [5.74, 6) is 0.114. The highest BCUT2D eigenvalue weighted by Crippen LogP contribution is 2.25. The minimum atomic E-state index is -0.650. The molecular formula is C21H20ClNO3. The first-order chi connectivity index (χ1) is 12.3. The number of hydrogen-bond acceptors (Lipinski definition) is 4. The number of carbonyl (C=O) groups is 1. The van der Waals surface area contributed by atoms with E-state index in [4.69, 9.17) is 21.6 Å². The second-order valence-electron chi connectivity index (χ2n) is 6.00. The van der Waals surface area contributed by atoms with E-state index >= 15 is 0 Å². The lowest BCUT2D eigenvalue weighted by Gasteiger charge is -2.14. The number of nitriles is 1. The molecule has 0 aliphatic carbocycles. The Kier molecular flexibility index (Phi) is 6.43. The molecule has 2 aromatic rings. The van der Waals surface area contributed by atoms with Gasteiger partial charge in [0.15, 0.2) is 0 Å². The van der Waals surface area contributed by atoms with Crippen molar-refractivity contribution in [3.05, 3.63) is 68.7 Å². The maximum Gasteiger partial charge on any atom is 0.348 e. The third-order valence-corrected chi connectivity index (χ3v) is 4.28. The second-order valence-corrected chi connectivity index (χ2v) is 6.43. The Morgan fingerprint density at radius 2 is 1.96 bits per heavy atom. The van der Waals surface area contributed by atoms with Gasteiger partial charge in [-0.2, -0.15) is 5.26 Å². The summed E-state index contributed by atoms with van der Waals surface area (Å²) >= 11 is 5.97. The van der Waals surface area contributed by atoms with Gasteiger partial charge in [0.05, 0.1) is 7.11 Å². The van der Waals surface area contributed by atoms with Gasteiger partial charge < -0.3 is 9.47 Å². The van der Waals surface area contributed by atoms with E-state index in [0.717, 1.165) is 33.6 Å². The number of aryl methyl sites for hydroxylation is 2. The number of methoxy groups -OCH3 is 1. The highest BCUT2D eigenvalue weighted by Gasteiger charge is 2.12. The van der Waals surface area contributed by atoms with Crippen molar-refractivity contribution in [2.45, 2.75) is 27.4 Å². The van der Waals surface area contributed by atoms with Gasteiger partial charge in [0, 0.05) is 5.02 Å². The number of esters is 1. The van der Waals surface area contributed by atoms with Crippen LogP contribution in [0.5, 0.6) is 5.75 Å². The fourth-order valence-electron chi connectivity index (χ4n) is 2.60. The maximum atomic E-state index is 11.7. The van der Waals surface area contributed by atoms with E-state index in [-0.39, 0.29) is 5.57 Å². The van der Waals surface area contributed by atoms with Crippen LogP contribution in [0.2, 0.25) is 5.02 Å². The summed E-state index contributed by atoms with van der Waals surface area (Å²) in [6.07, 6.45) is 1.55. The summed E-state index contributed by atoms with van der Waals surface area (Å²) < 4.78 is 10.6. The first-order valence-corrected chi connectivity index (χ1v) is 8.42. The molecule has 0 aliphatic rings. The van der Waals surface area contributed by atoms with Crippen molar-refractivity contribution < 1.29 is 14.3 Å². The molecule has 0 amide bonds. The number of halogens is 1. The van der Waals surface area contributed by atoms with Crippen LogP contribution in [0.15, 0.2) is 35.9 Å². The molecule has 0 unspecified atom stereocenters. The lowest BCUT2D eigenvalue weighted by atomic mass is 9.98. The van der Waals surface area contributed by atoms with Crippen LogP contribution in [-0.4, -0.2) is 13.1 Å². The third kappa shape index (κ3) is 4.65. The summed E-state index contributed by atoms with van der Waals surface area (Å²) in [7, 11) is 1.25. The molecule has 26 heavy (non-hydrogen) atoms. The highest BCUT2D eigenvalue weighted by molar-refractivity contribution is 6.30. The lowest BCUT2D eigenvalue weighted by Crippen LogP contribution is -2.04. The van der Waals surface area contributed by atoms with Crippen LogP contribution in [-0.2, 0) is 16.1 Å². The van der Waals surface area contributed by atoms with Crippen molar-refractivity contribution >= 4 is 23.6 Å². The molecule has 0 aromatic heterocycles. The molecule has 0 N–H and O–H groups in total. The number of carbonyl (C=O) groups excluding carboxylic acids is 1. The summed E-state index contributed by atoms with van der Waals surface area (Å²) in [6.45, 7) is 6.20. The molecular weight excluding hydrogens is 350 g/mol. The third-order valence-electron chi connectivity index (χ3n) is 4.05. The average Bonchev–Trinajstić information content (AvgIpc) is 2.61. The Labute approximate surface area is 158 Å². The molecule has 4 nitrogen and oxygen atoms in total. The zero-order valence-electron chi connectivity index (χ0n) is 15.2. The molecule has 0 spiro atoms. The number of benzene rings is 2. The summed E-state index contributed by atoms with van der Waals surface area (Å²) in [4.78, 5) is 11.7. The first-order valence-electron chi connectivity index (χ1n) is 8.05.